The van der Waals surface area contributed by atoms with Crippen molar-refractivity contribution in [1.29, 1.82) is 0 Å². The Morgan fingerprint density at radius 2 is 1.73 bits per heavy atom. The van der Waals surface area contributed by atoms with Crippen LogP contribution in [0.25, 0.3) is 0 Å². The molecule has 0 amide bonds. The van der Waals surface area contributed by atoms with Gasteiger partial charge in [0.15, 0.2) is 0 Å². The van der Waals surface area contributed by atoms with E-state index in [2.05, 4.69) is 9.46 Å². The summed E-state index contributed by atoms with van der Waals surface area (Å²) in [6.07, 6.45) is 6.15. The summed E-state index contributed by atoms with van der Waals surface area (Å²) < 4.78 is 33.6. The van der Waals surface area contributed by atoms with Gasteiger partial charge in [-0.1, -0.05) is 48.7 Å². The van der Waals surface area contributed by atoms with Crippen LogP contribution < -0.4 is 4.72 Å². The summed E-state index contributed by atoms with van der Waals surface area (Å²) in [5.74, 6) is 0.0711. The fraction of sp³-hybridized carbons (Fsp3) is 0.435. The number of sulfonamides is 1. The highest BCUT2D eigenvalue weighted by Gasteiger charge is 2.30. The molecule has 2 aromatic carbocycles. The van der Waals surface area contributed by atoms with Gasteiger partial charge in [-0.15, -0.1) is 0 Å². The Morgan fingerprint density at radius 3 is 2.33 bits per heavy atom. The molecule has 3 rings (SSSR count). The molecule has 0 radical (unpaired) electrons. The number of ether oxygens (including phenoxy) is 1. The molecule has 1 aliphatic rings. The lowest BCUT2D eigenvalue weighted by molar-refractivity contribution is -0.140. The largest absolute Gasteiger partial charge is 0.469 e. The number of hydrogen-bond acceptors (Lipinski definition) is 4. The van der Waals surface area contributed by atoms with Crippen LogP contribution >= 0.6 is 11.6 Å². The van der Waals surface area contributed by atoms with Crippen LogP contribution in [0.1, 0.15) is 55.7 Å². The highest BCUT2D eigenvalue weighted by Crippen LogP contribution is 2.37. The van der Waals surface area contributed by atoms with E-state index in [-0.39, 0.29) is 22.8 Å². The van der Waals surface area contributed by atoms with E-state index in [4.69, 9.17) is 11.6 Å². The summed E-state index contributed by atoms with van der Waals surface area (Å²) in [6.45, 7) is 0. The third kappa shape index (κ3) is 6.06. The maximum Gasteiger partial charge on any atom is 0.305 e. The van der Waals surface area contributed by atoms with Crippen LogP contribution in [-0.4, -0.2) is 21.5 Å². The van der Waals surface area contributed by atoms with Gasteiger partial charge in [0, 0.05) is 17.5 Å². The van der Waals surface area contributed by atoms with E-state index in [0.29, 0.717) is 11.4 Å². The highest BCUT2D eigenvalue weighted by atomic mass is 35.5. The van der Waals surface area contributed by atoms with E-state index < -0.39 is 10.0 Å². The van der Waals surface area contributed by atoms with Crippen LogP contribution in [0.3, 0.4) is 0 Å². The zero-order valence-corrected chi connectivity index (χ0v) is 18.7. The Hall–Kier alpha value is -1.89. The fourth-order valence-corrected chi connectivity index (χ4v) is 5.43. The molecule has 0 spiro atoms. The van der Waals surface area contributed by atoms with Crippen LogP contribution in [-0.2, 0) is 26.0 Å². The van der Waals surface area contributed by atoms with E-state index in [9.17, 15) is 13.2 Å². The standard InChI is InChI=1S/C23H28ClNO4S/c1-29-22(26)8-4-5-17-9-11-19(12-10-17)23(18-6-2-3-7-18)25-30(27,28)21-15-13-20(24)14-16-21/h9-16,18,23,25H,2-8H2,1H3. The molecule has 0 heterocycles. The third-order valence-corrected chi connectivity index (χ3v) is 7.40. The predicted octanol–water partition coefficient (Wildman–Crippen LogP) is 5.05. The first kappa shape index (κ1) is 22.8. The van der Waals surface area contributed by atoms with E-state index in [1.165, 1.54) is 19.2 Å². The summed E-state index contributed by atoms with van der Waals surface area (Å²) in [5, 5.41) is 0.504. The fourth-order valence-electron chi connectivity index (χ4n) is 4.01. The summed E-state index contributed by atoms with van der Waals surface area (Å²) in [4.78, 5) is 11.5. The molecule has 5 nitrogen and oxygen atoms in total. The molecule has 0 aliphatic heterocycles. The number of carbonyl (C=O) groups is 1. The molecule has 1 fully saturated rings. The molecular weight excluding hydrogens is 422 g/mol. The molecule has 0 saturated heterocycles. The Morgan fingerprint density at radius 1 is 1.10 bits per heavy atom. The molecule has 1 aliphatic carbocycles. The number of halogens is 1. The summed E-state index contributed by atoms with van der Waals surface area (Å²) in [6, 6.07) is 14.0. The SMILES string of the molecule is COC(=O)CCCc1ccc(C(NS(=O)(=O)c2ccc(Cl)cc2)C2CCCC2)cc1. The molecule has 1 saturated carbocycles. The minimum atomic E-state index is -3.66. The van der Waals surface area contributed by atoms with Crippen molar-refractivity contribution in [2.45, 2.75) is 55.9 Å². The Kier molecular flexibility index (Phi) is 7.92. The van der Waals surface area contributed by atoms with Crippen molar-refractivity contribution in [2.24, 2.45) is 5.92 Å². The maximum absolute atomic E-state index is 13.0. The zero-order chi connectivity index (χ0) is 21.6. The Labute approximate surface area is 183 Å². The van der Waals surface area contributed by atoms with E-state index in [0.717, 1.165) is 49.7 Å². The van der Waals surface area contributed by atoms with Crippen molar-refractivity contribution >= 4 is 27.6 Å². The van der Waals surface area contributed by atoms with Crippen LogP contribution in [0.2, 0.25) is 5.02 Å². The quantitative estimate of drug-likeness (QED) is 0.544. The molecule has 0 bridgehead atoms. The minimum absolute atomic E-state index is 0.204. The minimum Gasteiger partial charge on any atom is -0.469 e. The molecule has 7 heteroatoms. The van der Waals surface area contributed by atoms with Crippen molar-refractivity contribution in [3.8, 4) is 0 Å². The molecule has 30 heavy (non-hydrogen) atoms. The van der Waals surface area contributed by atoms with Gasteiger partial charge in [-0.2, -0.15) is 0 Å². The van der Waals surface area contributed by atoms with Gasteiger partial charge in [-0.05, 0) is 67.0 Å². The van der Waals surface area contributed by atoms with Crippen molar-refractivity contribution in [3.05, 3.63) is 64.7 Å². The van der Waals surface area contributed by atoms with Crippen LogP contribution in [0, 0.1) is 5.92 Å². The van der Waals surface area contributed by atoms with Gasteiger partial charge in [0.25, 0.3) is 0 Å². The number of aryl methyl sites for hydroxylation is 1. The molecule has 1 atom stereocenters. The van der Waals surface area contributed by atoms with Gasteiger partial charge in [-0.25, -0.2) is 13.1 Å². The van der Waals surface area contributed by atoms with E-state index in [1.807, 2.05) is 24.3 Å². The number of rotatable bonds is 9. The molecule has 1 unspecified atom stereocenters. The van der Waals surface area contributed by atoms with Gasteiger partial charge < -0.3 is 4.74 Å². The zero-order valence-electron chi connectivity index (χ0n) is 17.1. The molecule has 0 aromatic heterocycles. The second-order valence-electron chi connectivity index (χ2n) is 7.77. The first-order chi connectivity index (χ1) is 14.4. The second kappa shape index (κ2) is 10.4. The van der Waals surface area contributed by atoms with Gasteiger partial charge in [-0.3, -0.25) is 4.79 Å². The van der Waals surface area contributed by atoms with Crippen LogP contribution in [0.5, 0.6) is 0 Å². The third-order valence-electron chi connectivity index (χ3n) is 5.69. The van der Waals surface area contributed by atoms with Gasteiger partial charge in [0.1, 0.15) is 0 Å². The summed E-state index contributed by atoms with van der Waals surface area (Å²) in [7, 11) is -2.26. The molecule has 2 aromatic rings. The van der Waals surface area contributed by atoms with E-state index >= 15 is 0 Å². The number of nitrogens with one attached hydrogen (secondary N) is 1. The number of hydrogen-bond donors (Lipinski definition) is 1. The lowest BCUT2D eigenvalue weighted by Crippen LogP contribution is -2.32. The average Bonchev–Trinajstić information content (AvgIpc) is 3.27. The normalized spacial score (nSPS) is 15.8. The molecule has 162 valence electrons. The van der Waals surface area contributed by atoms with Gasteiger partial charge in [0.05, 0.1) is 12.0 Å². The number of carbonyl (C=O) groups excluding carboxylic acids is 1. The lowest BCUT2D eigenvalue weighted by atomic mass is 9.91. The van der Waals surface area contributed by atoms with Crippen molar-refractivity contribution in [2.75, 3.05) is 7.11 Å². The summed E-state index contributed by atoms with van der Waals surface area (Å²) in [5.41, 5.74) is 2.09. The number of methoxy groups -OCH3 is 1. The number of esters is 1. The first-order valence-electron chi connectivity index (χ1n) is 10.3. The number of benzene rings is 2. The molecule has 1 N–H and O–H groups in total. The lowest BCUT2D eigenvalue weighted by Gasteiger charge is -2.25. The Bertz CT molecular complexity index is 936. The topological polar surface area (TPSA) is 72.5 Å². The van der Waals surface area contributed by atoms with E-state index in [1.54, 1.807) is 12.1 Å². The predicted molar refractivity (Wildman–Crippen MR) is 118 cm³/mol. The van der Waals surface area contributed by atoms with Crippen molar-refractivity contribution < 1.29 is 17.9 Å². The van der Waals surface area contributed by atoms with Gasteiger partial charge >= 0.3 is 5.97 Å². The first-order valence-corrected chi connectivity index (χ1v) is 12.2. The smallest absolute Gasteiger partial charge is 0.305 e. The second-order valence-corrected chi connectivity index (χ2v) is 9.92. The Balaban J connectivity index is 1.75. The maximum atomic E-state index is 13.0. The van der Waals surface area contributed by atoms with Crippen molar-refractivity contribution in [3.63, 3.8) is 0 Å². The monoisotopic (exact) mass is 449 g/mol. The van der Waals surface area contributed by atoms with Crippen LogP contribution in [0.15, 0.2) is 53.4 Å². The summed E-state index contributed by atoms with van der Waals surface area (Å²) >= 11 is 5.90. The average molecular weight is 450 g/mol. The highest BCUT2D eigenvalue weighted by molar-refractivity contribution is 7.89. The van der Waals surface area contributed by atoms with Gasteiger partial charge in [0.2, 0.25) is 10.0 Å². The van der Waals surface area contributed by atoms with Crippen LogP contribution in [0.4, 0.5) is 0 Å². The van der Waals surface area contributed by atoms with Crippen molar-refractivity contribution in [1.82, 2.24) is 4.72 Å². The molecular formula is C23H28ClNO4S.